The molecule has 6 nitrogen and oxygen atoms in total. The minimum absolute atomic E-state index is 0.215. The van der Waals surface area contributed by atoms with Crippen LogP contribution >= 0.6 is 15.9 Å². The number of ether oxygens (including phenoxy) is 2. The monoisotopic (exact) mass is 333 g/mol. The van der Waals surface area contributed by atoms with E-state index in [9.17, 15) is 14.4 Å². The quantitative estimate of drug-likeness (QED) is 0.534. The molecule has 2 rings (SSSR count). The molecule has 0 aromatic carbocycles. The lowest BCUT2D eigenvalue weighted by Gasteiger charge is -2.25. The van der Waals surface area contributed by atoms with Crippen LogP contribution in [0.4, 0.5) is 4.79 Å². The summed E-state index contributed by atoms with van der Waals surface area (Å²) in [4.78, 5) is 36.0. The Morgan fingerprint density at radius 3 is 2.37 bits per heavy atom. The third-order valence-electron chi connectivity index (χ3n) is 3.21. The molecule has 0 bridgehead atoms. The first-order valence-corrected chi connectivity index (χ1v) is 6.88. The van der Waals surface area contributed by atoms with Crippen LogP contribution in [0.25, 0.3) is 0 Å². The predicted molar refractivity (Wildman–Crippen MR) is 68.6 cm³/mol. The van der Waals surface area contributed by atoms with Crippen LogP contribution in [0.5, 0.6) is 0 Å². The SMILES string of the molecule is COC(=O)[C@@H]1[C@H]2[C@H]1N(C(=O)OC(C)(C)C)C(=O)[C@@H]2Br. The maximum absolute atomic E-state index is 12.0. The zero-order valence-corrected chi connectivity index (χ0v) is 12.8. The molecular formula is C12H16BrNO5. The average molecular weight is 334 g/mol. The fourth-order valence-corrected chi connectivity index (χ4v) is 3.27. The van der Waals surface area contributed by atoms with E-state index in [1.165, 1.54) is 7.11 Å². The van der Waals surface area contributed by atoms with Gasteiger partial charge in [-0.05, 0) is 20.8 Å². The van der Waals surface area contributed by atoms with Gasteiger partial charge in [0.2, 0.25) is 5.91 Å². The molecule has 1 saturated carbocycles. The first-order valence-electron chi connectivity index (χ1n) is 5.97. The number of esters is 1. The summed E-state index contributed by atoms with van der Waals surface area (Å²) < 4.78 is 9.87. The zero-order chi connectivity index (χ0) is 14.5. The second-order valence-electron chi connectivity index (χ2n) is 5.71. The summed E-state index contributed by atoms with van der Waals surface area (Å²) in [6.45, 7) is 5.16. The number of rotatable bonds is 1. The Balaban J connectivity index is 2.15. The lowest BCUT2D eigenvalue weighted by atomic mass is 10.2. The number of imide groups is 1. The number of nitrogens with zero attached hydrogens (tertiary/aromatic N) is 1. The maximum atomic E-state index is 12.0. The number of amides is 2. The van der Waals surface area contributed by atoms with Crippen molar-refractivity contribution in [1.82, 2.24) is 4.90 Å². The summed E-state index contributed by atoms with van der Waals surface area (Å²) in [5, 5.41) is 0. The van der Waals surface area contributed by atoms with E-state index < -0.39 is 34.5 Å². The van der Waals surface area contributed by atoms with Crippen molar-refractivity contribution in [2.75, 3.05) is 7.11 Å². The molecule has 4 atom stereocenters. The number of hydrogen-bond donors (Lipinski definition) is 0. The molecular weight excluding hydrogens is 318 g/mol. The molecule has 2 amide bonds. The van der Waals surface area contributed by atoms with Crippen LogP contribution in [-0.4, -0.2) is 46.4 Å². The highest BCUT2D eigenvalue weighted by molar-refractivity contribution is 9.10. The van der Waals surface area contributed by atoms with Crippen molar-refractivity contribution in [3.8, 4) is 0 Å². The summed E-state index contributed by atoms with van der Waals surface area (Å²) in [5.74, 6) is -1.42. The normalized spacial score (nSPS) is 32.9. The van der Waals surface area contributed by atoms with Crippen LogP contribution in [0.3, 0.4) is 0 Å². The molecule has 2 aliphatic rings. The van der Waals surface area contributed by atoms with Crippen LogP contribution in [-0.2, 0) is 19.1 Å². The van der Waals surface area contributed by atoms with E-state index in [2.05, 4.69) is 20.7 Å². The molecule has 0 spiro atoms. The highest BCUT2D eigenvalue weighted by Gasteiger charge is 2.71. The zero-order valence-electron chi connectivity index (χ0n) is 11.2. The predicted octanol–water partition coefficient (Wildman–Crippen LogP) is 1.31. The van der Waals surface area contributed by atoms with E-state index in [1.54, 1.807) is 20.8 Å². The summed E-state index contributed by atoms with van der Waals surface area (Å²) in [6.07, 6.45) is -0.708. The number of halogens is 1. The molecule has 1 aliphatic heterocycles. The summed E-state index contributed by atoms with van der Waals surface area (Å²) >= 11 is 3.23. The molecule has 0 unspecified atom stereocenters. The number of methoxy groups -OCH3 is 1. The summed E-state index contributed by atoms with van der Waals surface area (Å²) in [6, 6.07) is -0.445. The van der Waals surface area contributed by atoms with E-state index in [0.717, 1.165) is 4.90 Å². The number of carbonyl (C=O) groups is 3. The van der Waals surface area contributed by atoms with E-state index in [0.29, 0.717) is 0 Å². The average Bonchev–Trinajstić information content (AvgIpc) is 2.93. The minimum Gasteiger partial charge on any atom is -0.469 e. The topological polar surface area (TPSA) is 72.9 Å². The van der Waals surface area contributed by atoms with E-state index in [1.807, 2.05) is 0 Å². The molecule has 106 valence electrons. The molecule has 0 radical (unpaired) electrons. The Labute approximate surface area is 119 Å². The number of piperidine rings is 1. The maximum Gasteiger partial charge on any atom is 0.417 e. The van der Waals surface area contributed by atoms with Gasteiger partial charge in [0.15, 0.2) is 0 Å². The third-order valence-corrected chi connectivity index (χ3v) is 4.21. The van der Waals surface area contributed by atoms with Gasteiger partial charge in [-0.1, -0.05) is 15.9 Å². The van der Waals surface area contributed by atoms with Crippen molar-refractivity contribution in [3.05, 3.63) is 0 Å². The van der Waals surface area contributed by atoms with Gasteiger partial charge < -0.3 is 9.47 Å². The first-order chi connectivity index (χ1) is 8.69. The van der Waals surface area contributed by atoms with Crippen LogP contribution < -0.4 is 0 Å². The standard InChI is InChI=1S/C12H16BrNO5/c1-12(2,3)19-11(17)14-8-5(7(13)9(14)15)6(8)10(16)18-4/h5-8H,1-4H3/t5-,6-,7-,8-/m1/s1. The van der Waals surface area contributed by atoms with Crippen molar-refractivity contribution in [3.63, 3.8) is 0 Å². The highest BCUT2D eigenvalue weighted by atomic mass is 79.9. The Morgan fingerprint density at radius 2 is 1.89 bits per heavy atom. The number of likely N-dealkylation sites (tertiary alicyclic amines) is 1. The fraction of sp³-hybridized carbons (Fsp3) is 0.750. The molecule has 1 aliphatic carbocycles. The third kappa shape index (κ3) is 2.35. The molecule has 0 N–H and O–H groups in total. The lowest BCUT2D eigenvalue weighted by molar-refractivity contribution is -0.143. The van der Waals surface area contributed by atoms with Crippen LogP contribution in [0.15, 0.2) is 0 Å². The minimum atomic E-state index is -0.708. The first kappa shape index (κ1) is 14.3. The highest BCUT2D eigenvalue weighted by Crippen LogP contribution is 2.54. The van der Waals surface area contributed by atoms with Crippen LogP contribution in [0.2, 0.25) is 0 Å². The second-order valence-corrected chi connectivity index (χ2v) is 6.69. The van der Waals surface area contributed by atoms with Crippen LogP contribution in [0, 0.1) is 11.8 Å². The second kappa shape index (κ2) is 4.47. The fourth-order valence-electron chi connectivity index (χ4n) is 2.41. The molecule has 1 heterocycles. The van der Waals surface area contributed by atoms with Crippen molar-refractivity contribution in [2.24, 2.45) is 11.8 Å². The van der Waals surface area contributed by atoms with Gasteiger partial charge in [0.1, 0.15) is 5.60 Å². The van der Waals surface area contributed by atoms with Gasteiger partial charge in [-0.15, -0.1) is 0 Å². The number of alkyl halides is 1. The van der Waals surface area contributed by atoms with Gasteiger partial charge in [0.05, 0.1) is 23.9 Å². The number of carbonyl (C=O) groups excluding carboxylic acids is 3. The van der Waals surface area contributed by atoms with Gasteiger partial charge in [0, 0.05) is 5.92 Å². The molecule has 0 aromatic heterocycles. The van der Waals surface area contributed by atoms with E-state index in [4.69, 9.17) is 4.74 Å². The number of fused-ring (bicyclic) bond motifs is 1. The molecule has 19 heavy (non-hydrogen) atoms. The van der Waals surface area contributed by atoms with Gasteiger partial charge in [-0.2, -0.15) is 0 Å². The van der Waals surface area contributed by atoms with E-state index in [-0.39, 0.29) is 11.8 Å². The smallest absolute Gasteiger partial charge is 0.417 e. The summed E-state index contributed by atoms with van der Waals surface area (Å²) in [7, 11) is 1.29. The molecule has 0 aromatic rings. The van der Waals surface area contributed by atoms with Gasteiger partial charge in [0.25, 0.3) is 0 Å². The summed E-state index contributed by atoms with van der Waals surface area (Å²) in [5.41, 5.74) is -0.688. The number of hydrogen-bond acceptors (Lipinski definition) is 5. The van der Waals surface area contributed by atoms with Crippen molar-refractivity contribution >= 4 is 33.9 Å². The molecule has 2 fully saturated rings. The Hall–Kier alpha value is -1.11. The van der Waals surface area contributed by atoms with Crippen molar-refractivity contribution in [1.29, 1.82) is 0 Å². The van der Waals surface area contributed by atoms with Crippen molar-refractivity contribution in [2.45, 2.75) is 37.2 Å². The van der Waals surface area contributed by atoms with E-state index >= 15 is 0 Å². The van der Waals surface area contributed by atoms with Crippen molar-refractivity contribution < 1.29 is 23.9 Å². The van der Waals surface area contributed by atoms with Gasteiger partial charge >= 0.3 is 12.1 Å². The Kier molecular flexibility index (Phi) is 3.36. The Bertz CT molecular complexity index is 444. The largest absolute Gasteiger partial charge is 0.469 e. The molecule has 1 saturated heterocycles. The Morgan fingerprint density at radius 1 is 1.32 bits per heavy atom. The van der Waals surface area contributed by atoms with Gasteiger partial charge in [-0.3, -0.25) is 9.59 Å². The van der Waals surface area contributed by atoms with Crippen LogP contribution in [0.1, 0.15) is 20.8 Å². The van der Waals surface area contributed by atoms with Gasteiger partial charge in [-0.25, -0.2) is 9.69 Å². The lowest BCUT2D eigenvalue weighted by Crippen LogP contribution is -2.43. The molecule has 7 heteroatoms.